The van der Waals surface area contributed by atoms with Crippen LogP contribution >= 0.6 is 7.82 Å². The fourth-order valence-corrected chi connectivity index (χ4v) is 5.61. The lowest BCUT2D eigenvalue weighted by molar-refractivity contribution is 0.283. The minimum absolute atomic E-state index is 0.130. The summed E-state index contributed by atoms with van der Waals surface area (Å²) in [5, 5.41) is 28.3. The number of allylic oxidation sites excluding steroid dienone is 4. The first-order chi connectivity index (χ1) is 21.0. The molecule has 5 N–H and O–H groups in total. The molecule has 4 aromatic rings. The lowest BCUT2D eigenvalue weighted by atomic mass is 9.91. The molecule has 0 saturated heterocycles. The largest absolute Gasteiger partial charge is 0.524 e. The van der Waals surface area contributed by atoms with Gasteiger partial charge in [0.05, 0.1) is 0 Å². The molecule has 0 spiro atoms. The lowest BCUT2D eigenvalue weighted by Crippen LogP contribution is -1.93. The van der Waals surface area contributed by atoms with Crippen LogP contribution in [0.4, 0.5) is 0 Å². The molecule has 0 aliphatic rings. The summed E-state index contributed by atoms with van der Waals surface area (Å²) in [5.74, 6) is 0.926. The van der Waals surface area contributed by atoms with Crippen molar-refractivity contribution in [3.8, 4) is 23.0 Å². The maximum Gasteiger partial charge on any atom is 0.524 e. The number of rotatable bonds is 10. The van der Waals surface area contributed by atoms with Gasteiger partial charge in [-0.05, 0) is 119 Å². The first-order valence-electron chi connectivity index (χ1n) is 14.7. The fourth-order valence-electron chi connectivity index (χ4n) is 5.21. The minimum Gasteiger partial charge on any atom is -0.508 e. The number of hydrogen-bond acceptors (Lipinski definition) is 5. The topological polar surface area (TPSA) is 127 Å². The van der Waals surface area contributed by atoms with Crippen LogP contribution < -0.4 is 4.52 Å². The molecule has 8 heteroatoms. The second-order valence-electron chi connectivity index (χ2n) is 10.1. The van der Waals surface area contributed by atoms with Gasteiger partial charge in [-0.1, -0.05) is 76.2 Å². The Morgan fingerprint density at radius 2 is 0.705 bits per heavy atom. The molecule has 0 atom stereocenters. The van der Waals surface area contributed by atoms with Gasteiger partial charge in [-0.3, -0.25) is 9.79 Å². The quantitative estimate of drug-likeness (QED) is 0.0887. The summed E-state index contributed by atoms with van der Waals surface area (Å²) in [4.78, 5) is 17.7. The molecule has 0 aliphatic heterocycles. The highest BCUT2D eigenvalue weighted by Crippen LogP contribution is 2.39. The molecule has 0 aliphatic carbocycles. The molecule has 4 rings (SSSR count). The molecule has 0 aromatic heterocycles. The summed E-state index contributed by atoms with van der Waals surface area (Å²) in [5.41, 5.74) is 9.15. The average Bonchev–Trinajstić information content (AvgIpc) is 3.00. The van der Waals surface area contributed by atoms with E-state index in [-0.39, 0.29) is 23.0 Å². The van der Waals surface area contributed by atoms with Crippen molar-refractivity contribution in [1.29, 1.82) is 0 Å². The molecule has 0 radical (unpaired) electrons. The maximum absolute atomic E-state index is 10.9. The first kappa shape index (κ1) is 34.2. The van der Waals surface area contributed by atoms with Gasteiger partial charge in [0, 0.05) is 0 Å². The number of phosphoric acid groups is 1. The van der Waals surface area contributed by atoms with Gasteiger partial charge in [-0.15, -0.1) is 0 Å². The van der Waals surface area contributed by atoms with Crippen molar-refractivity contribution < 1.29 is 34.2 Å². The zero-order valence-electron chi connectivity index (χ0n) is 25.6. The minimum atomic E-state index is -4.55. The Hall–Kier alpha value is -4.29. The van der Waals surface area contributed by atoms with E-state index < -0.39 is 7.82 Å². The molecule has 0 unspecified atom stereocenters. The van der Waals surface area contributed by atoms with E-state index in [4.69, 9.17) is 9.79 Å². The molecule has 44 heavy (non-hydrogen) atoms. The number of phosphoric ester groups is 1. The second-order valence-corrected chi connectivity index (χ2v) is 11.2. The first-order valence-corrected chi connectivity index (χ1v) is 16.2. The summed E-state index contributed by atoms with van der Waals surface area (Å²) < 4.78 is 15.5. The van der Waals surface area contributed by atoms with Crippen molar-refractivity contribution in [3.63, 3.8) is 0 Å². The van der Waals surface area contributed by atoms with Crippen molar-refractivity contribution in [1.82, 2.24) is 0 Å². The van der Waals surface area contributed by atoms with Crippen LogP contribution in [0.5, 0.6) is 23.0 Å². The van der Waals surface area contributed by atoms with Crippen molar-refractivity contribution in [2.24, 2.45) is 0 Å². The zero-order valence-corrected chi connectivity index (χ0v) is 26.5. The standard InChI is InChI=1S/C18H21O5P.C18H20O2/c1-3-17(13-5-9-15(19)10-6-13)18(4-2)14-7-11-16(12-8-14)23-24(20,21)22;1-3-17(13-5-9-15(19)10-6-13)18(4-2)14-7-11-16(20)12-8-14/h5-12,19H,3-4H2,1-2H3,(H2,20,21,22);5-12,19-20H,3-4H2,1-2H3/b18-17+;. The van der Waals surface area contributed by atoms with E-state index in [0.29, 0.717) is 0 Å². The predicted octanol–water partition coefficient (Wildman–Crippen LogP) is 9.42. The van der Waals surface area contributed by atoms with E-state index in [1.165, 1.54) is 16.7 Å². The monoisotopic (exact) mass is 616 g/mol. The number of phenols is 3. The average molecular weight is 617 g/mol. The molecular formula is C36H41O7P. The van der Waals surface area contributed by atoms with Gasteiger partial charge in [0.15, 0.2) is 0 Å². The Balaban J connectivity index is 0.000000244. The zero-order chi connectivity index (χ0) is 32.3. The molecule has 0 amide bonds. The van der Waals surface area contributed by atoms with Gasteiger partial charge in [-0.2, -0.15) is 0 Å². The molecule has 0 bridgehead atoms. The van der Waals surface area contributed by atoms with Gasteiger partial charge in [0.2, 0.25) is 0 Å². The molecule has 232 valence electrons. The molecule has 7 nitrogen and oxygen atoms in total. The summed E-state index contributed by atoms with van der Waals surface area (Å²) >= 11 is 0. The van der Waals surface area contributed by atoms with Gasteiger partial charge in [0.25, 0.3) is 0 Å². The van der Waals surface area contributed by atoms with Crippen molar-refractivity contribution in [2.75, 3.05) is 0 Å². The van der Waals surface area contributed by atoms with E-state index in [1.807, 2.05) is 36.4 Å². The van der Waals surface area contributed by atoms with Crippen LogP contribution in [-0.4, -0.2) is 25.1 Å². The maximum atomic E-state index is 10.9. The number of benzene rings is 4. The van der Waals surface area contributed by atoms with Crippen LogP contribution in [0.2, 0.25) is 0 Å². The Kier molecular flexibility index (Phi) is 12.4. The van der Waals surface area contributed by atoms with Crippen LogP contribution in [0.3, 0.4) is 0 Å². The Bertz CT molecular complexity index is 1540. The van der Waals surface area contributed by atoms with Crippen molar-refractivity contribution >= 4 is 30.1 Å². The lowest BCUT2D eigenvalue weighted by Gasteiger charge is -2.15. The highest BCUT2D eigenvalue weighted by molar-refractivity contribution is 7.46. The number of hydrogen-bond donors (Lipinski definition) is 5. The van der Waals surface area contributed by atoms with Crippen LogP contribution in [-0.2, 0) is 4.57 Å². The highest BCUT2D eigenvalue weighted by Gasteiger charge is 2.16. The van der Waals surface area contributed by atoms with Crippen LogP contribution in [0.1, 0.15) is 75.6 Å². The Morgan fingerprint density at radius 3 is 0.909 bits per heavy atom. The van der Waals surface area contributed by atoms with Gasteiger partial charge in [-0.25, -0.2) is 4.57 Å². The van der Waals surface area contributed by atoms with Crippen LogP contribution in [0, 0.1) is 0 Å². The number of phenolic OH excluding ortho intramolecular Hbond substituents is 3. The van der Waals surface area contributed by atoms with E-state index in [0.717, 1.165) is 53.5 Å². The second kappa shape index (κ2) is 16.0. The summed E-state index contributed by atoms with van der Waals surface area (Å²) in [6.07, 6.45) is 3.49. The van der Waals surface area contributed by atoms with E-state index in [2.05, 4.69) is 32.2 Å². The van der Waals surface area contributed by atoms with Gasteiger partial charge < -0.3 is 19.8 Å². The third-order valence-corrected chi connectivity index (χ3v) is 7.67. The van der Waals surface area contributed by atoms with Gasteiger partial charge >= 0.3 is 7.82 Å². The van der Waals surface area contributed by atoms with E-state index in [1.54, 1.807) is 60.7 Å². The van der Waals surface area contributed by atoms with Crippen molar-refractivity contribution in [3.05, 3.63) is 119 Å². The highest BCUT2D eigenvalue weighted by atomic mass is 31.2. The number of aromatic hydroxyl groups is 3. The third kappa shape index (κ3) is 9.61. The molecule has 0 saturated carbocycles. The summed E-state index contributed by atoms with van der Waals surface area (Å²) in [7, 11) is -4.55. The summed E-state index contributed by atoms with van der Waals surface area (Å²) in [6.45, 7) is 8.41. The third-order valence-electron chi connectivity index (χ3n) is 7.22. The fraction of sp³-hybridized carbons (Fsp3) is 0.222. The van der Waals surface area contributed by atoms with Crippen LogP contribution in [0.15, 0.2) is 97.1 Å². The normalized spacial score (nSPS) is 12.4. The summed E-state index contributed by atoms with van der Waals surface area (Å²) in [6, 6.07) is 28.4. The van der Waals surface area contributed by atoms with Crippen molar-refractivity contribution in [2.45, 2.75) is 53.4 Å². The SMILES string of the molecule is CC/C(=C(/CC)c1ccc(OP(=O)(O)O)cc1)c1ccc(O)cc1.CCC(=C(CC)c1ccc(O)cc1)c1ccc(O)cc1. The van der Waals surface area contributed by atoms with Crippen LogP contribution in [0.25, 0.3) is 22.3 Å². The Morgan fingerprint density at radius 1 is 0.477 bits per heavy atom. The van der Waals surface area contributed by atoms with E-state index >= 15 is 0 Å². The molecule has 4 aromatic carbocycles. The van der Waals surface area contributed by atoms with E-state index in [9.17, 15) is 19.9 Å². The molecular weight excluding hydrogens is 575 g/mol. The molecule has 0 heterocycles. The smallest absolute Gasteiger partial charge is 0.508 e. The molecule has 0 fully saturated rings. The Labute approximate surface area is 259 Å². The van der Waals surface area contributed by atoms with Gasteiger partial charge in [0.1, 0.15) is 23.0 Å². The predicted molar refractivity (Wildman–Crippen MR) is 178 cm³/mol.